The number of anilines is 1. The first-order valence-electron chi connectivity index (χ1n) is 4.39. The summed E-state index contributed by atoms with van der Waals surface area (Å²) in [7, 11) is -6.47. The molecule has 0 saturated carbocycles. The maximum atomic E-state index is 13.2. The van der Waals surface area contributed by atoms with Gasteiger partial charge >= 0.3 is 21.7 Å². The molecule has 120 valence electrons. The van der Waals surface area contributed by atoms with Gasteiger partial charge in [-0.05, 0) is 0 Å². The maximum absolute atomic E-state index is 13.2. The van der Waals surface area contributed by atoms with E-state index in [2.05, 4.69) is 0 Å². The zero-order valence-corrected chi connectivity index (χ0v) is 9.89. The van der Waals surface area contributed by atoms with Crippen molar-refractivity contribution < 1.29 is 47.9 Å². The standard InChI is InChI=1S/C7HF9N2O2S/c8-1-3(18-21(19,20)7(14,15)16)2(9)5(10)17-4(1)6(11,12)13/h(H,17,18). The lowest BCUT2D eigenvalue weighted by Crippen LogP contribution is -2.31. The Balaban J connectivity index is 3.55. The van der Waals surface area contributed by atoms with Crippen LogP contribution in [0.1, 0.15) is 5.69 Å². The summed E-state index contributed by atoms with van der Waals surface area (Å²) in [6.07, 6.45) is -5.70. The zero-order valence-electron chi connectivity index (χ0n) is 9.07. The Hall–Kier alpha value is -1.73. The minimum atomic E-state index is -6.47. The predicted molar refractivity (Wildman–Crippen MR) is 47.7 cm³/mol. The molecule has 1 rings (SSSR count). The van der Waals surface area contributed by atoms with Crippen molar-refractivity contribution in [2.45, 2.75) is 11.7 Å². The third-order valence-electron chi connectivity index (χ3n) is 1.85. The van der Waals surface area contributed by atoms with Crippen LogP contribution in [0.4, 0.5) is 45.2 Å². The second kappa shape index (κ2) is 4.92. The summed E-state index contributed by atoms with van der Waals surface area (Å²) in [6, 6.07) is 0. The van der Waals surface area contributed by atoms with Gasteiger partial charge in [0.15, 0.2) is 11.5 Å². The minimum absolute atomic E-state index is 0.165. The van der Waals surface area contributed by atoms with Crippen LogP contribution in [0, 0.1) is 17.6 Å². The Bertz CT molecular complexity index is 664. The van der Waals surface area contributed by atoms with Crippen LogP contribution in [0.2, 0.25) is 0 Å². The van der Waals surface area contributed by atoms with Gasteiger partial charge < -0.3 is 0 Å². The highest BCUT2D eigenvalue weighted by Crippen LogP contribution is 2.36. The molecule has 0 aliphatic carbocycles. The summed E-state index contributed by atoms with van der Waals surface area (Å²) in [4.78, 5) is 1.84. The summed E-state index contributed by atoms with van der Waals surface area (Å²) in [5.74, 6) is -8.13. The molecule has 0 radical (unpaired) electrons. The van der Waals surface area contributed by atoms with Crippen molar-refractivity contribution in [3.8, 4) is 0 Å². The number of aromatic nitrogens is 1. The van der Waals surface area contributed by atoms with Gasteiger partial charge in [0.25, 0.3) is 5.95 Å². The molecule has 0 atom stereocenters. The Kier molecular flexibility index (Phi) is 4.06. The van der Waals surface area contributed by atoms with Crippen LogP contribution in [-0.4, -0.2) is 18.9 Å². The number of halogens is 9. The van der Waals surface area contributed by atoms with Crippen LogP contribution in [-0.2, 0) is 16.2 Å². The number of nitrogens with one attached hydrogen (secondary N) is 1. The molecule has 0 saturated heterocycles. The fourth-order valence-corrected chi connectivity index (χ4v) is 1.55. The first-order valence-corrected chi connectivity index (χ1v) is 5.87. The van der Waals surface area contributed by atoms with Crippen molar-refractivity contribution in [1.29, 1.82) is 0 Å². The van der Waals surface area contributed by atoms with E-state index in [4.69, 9.17) is 0 Å². The molecule has 1 aromatic rings. The second-order valence-electron chi connectivity index (χ2n) is 3.30. The van der Waals surface area contributed by atoms with E-state index in [0.29, 0.717) is 0 Å². The van der Waals surface area contributed by atoms with Gasteiger partial charge in [0.05, 0.1) is 0 Å². The lowest BCUT2D eigenvalue weighted by molar-refractivity contribution is -0.144. The number of rotatable bonds is 2. The van der Waals surface area contributed by atoms with E-state index in [1.54, 1.807) is 0 Å². The molecule has 0 amide bonds. The summed E-state index contributed by atoms with van der Waals surface area (Å²) < 4.78 is 133. The quantitative estimate of drug-likeness (QED) is 0.661. The van der Waals surface area contributed by atoms with Gasteiger partial charge in [-0.15, -0.1) is 0 Å². The van der Waals surface area contributed by atoms with E-state index in [9.17, 15) is 47.9 Å². The minimum Gasteiger partial charge on any atom is -0.270 e. The van der Waals surface area contributed by atoms with Gasteiger partial charge in [-0.2, -0.15) is 43.5 Å². The van der Waals surface area contributed by atoms with Crippen molar-refractivity contribution in [3.05, 3.63) is 23.3 Å². The normalized spacial score (nSPS) is 13.4. The molecule has 1 heterocycles. The van der Waals surface area contributed by atoms with Crippen LogP contribution in [0.25, 0.3) is 0 Å². The summed E-state index contributed by atoms with van der Waals surface area (Å²) >= 11 is 0. The molecule has 0 bridgehead atoms. The van der Waals surface area contributed by atoms with Crippen molar-refractivity contribution in [2.75, 3.05) is 4.72 Å². The molecule has 1 aromatic heterocycles. The van der Waals surface area contributed by atoms with Crippen LogP contribution in [0.3, 0.4) is 0 Å². The smallest absolute Gasteiger partial charge is 0.270 e. The summed E-state index contributed by atoms with van der Waals surface area (Å²) in [6.45, 7) is 0. The van der Waals surface area contributed by atoms with Crippen molar-refractivity contribution in [2.24, 2.45) is 0 Å². The number of nitrogens with zero attached hydrogens (tertiary/aromatic N) is 1. The molecular weight excluding hydrogens is 347 g/mol. The molecule has 0 aliphatic heterocycles. The van der Waals surface area contributed by atoms with Crippen LogP contribution < -0.4 is 4.72 Å². The molecular formula is C7HF9N2O2S. The van der Waals surface area contributed by atoms with E-state index >= 15 is 0 Å². The number of sulfonamides is 1. The Morgan fingerprint density at radius 2 is 1.38 bits per heavy atom. The van der Waals surface area contributed by atoms with Crippen LogP contribution in [0.5, 0.6) is 0 Å². The lowest BCUT2D eigenvalue weighted by Gasteiger charge is -2.14. The number of pyridine rings is 1. The van der Waals surface area contributed by atoms with E-state index < -0.39 is 50.7 Å². The van der Waals surface area contributed by atoms with Crippen LogP contribution in [0.15, 0.2) is 0 Å². The predicted octanol–water partition coefficient (Wildman–Crippen LogP) is 2.78. The Morgan fingerprint density at radius 3 is 1.76 bits per heavy atom. The number of hydrogen-bond acceptors (Lipinski definition) is 3. The maximum Gasteiger partial charge on any atom is 0.516 e. The number of hydrogen-bond donors (Lipinski definition) is 1. The third kappa shape index (κ3) is 3.30. The van der Waals surface area contributed by atoms with Gasteiger partial charge in [0.2, 0.25) is 5.82 Å². The van der Waals surface area contributed by atoms with E-state index in [1.165, 1.54) is 0 Å². The molecule has 14 heteroatoms. The highest BCUT2D eigenvalue weighted by molar-refractivity contribution is 7.93. The Morgan fingerprint density at radius 1 is 0.905 bits per heavy atom. The fraction of sp³-hybridized carbons (Fsp3) is 0.286. The average molecular weight is 348 g/mol. The van der Waals surface area contributed by atoms with Gasteiger partial charge in [-0.25, -0.2) is 9.37 Å². The highest BCUT2D eigenvalue weighted by atomic mass is 32.2. The van der Waals surface area contributed by atoms with E-state index in [-0.39, 0.29) is 4.72 Å². The van der Waals surface area contributed by atoms with Crippen molar-refractivity contribution in [3.63, 3.8) is 0 Å². The van der Waals surface area contributed by atoms with E-state index in [1.807, 2.05) is 4.98 Å². The van der Waals surface area contributed by atoms with Crippen molar-refractivity contribution >= 4 is 15.7 Å². The molecule has 0 fully saturated rings. The zero-order chi connectivity index (χ0) is 16.8. The third-order valence-corrected chi connectivity index (χ3v) is 2.93. The van der Waals surface area contributed by atoms with Gasteiger partial charge in [-0.1, -0.05) is 0 Å². The monoisotopic (exact) mass is 348 g/mol. The fourth-order valence-electron chi connectivity index (χ4n) is 0.984. The van der Waals surface area contributed by atoms with Gasteiger partial charge in [0, 0.05) is 0 Å². The Labute approximate surface area is 109 Å². The second-order valence-corrected chi connectivity index (χ2v) is 4.98. The highest BCUT2D eigenvalue weighted by Gasteiger charge is 2.48. The van der Waals surface area contributed by atoms with Crippen molar-refractivity contribution in [1.82, 2.24) is 4.98 Å². The van der Waals surface area contributed by atoms with Crippen LogP contribution >= 0.6 is 0 Å². The molecule has 0 unspecified atom stereocenters. The molecule has 21 heavy (non-hydrogen) atoms. The molecule has 1 N–H and O–H groups in total. The molecule has 4 nitrogen and oxygen atoms in total. The molecule has 0 aliphatic rings. The SMILES string of the molecule is O=S(=O)(Nc1c(F)c(F)nc(C(F)(F)F)c1F)C(F)(F)F. The topological polar surface area (TPSA) is 59.1 Å². The van der Waals surface area contributed by atoms with Gasteiger partial charge in [0.1, 0.15) is 5.69 Å². The van der Waals surface area contributed by atoms with E-state index in [0.717, 1.165) is 0 Å². The summed E-state index contributed by atoms with van der Waals surface area (Å²) in [5.41, 5.74) is -11.3. The molecule has 0 aromatic carbocycles. The molecule has 0 spiro atoms. The average Bonchev–Trinajstić information content (AvgIpc) is 2.26. The summed E-state index contributed by atoms with van der Waals surface area (Å²) in [5, 5.41) is 0. The lowest BCUT2D eigenvalue weighted by atomic mass is 10.3. The van der Waals surface area contributed by atoms with Gasteiger partial charge in [-0.3, -0.25) is 4.72 Å². The first-order chi connectivity index (χ1) is 9.18. The number of alkyl halides is 6. The first kappa shape index (κ1) is 17.3. The largest absolute Gasteiger partial charge is 0.516 e.